The standard InChI is InChI=1S/C16H17N3O4/c1-12-5-4-6-13(9-12)23-11-15(21)18-17-14(20)10-19-8-3-2-7-16(19)22/h2-9H,10-11H2,1H3,(H,17,20)(H,18,21). The molecule has 0 unspecified atom stereocenters. The smallest absolute Gasteiger partial charge is 0.276 e. The predicted molar refractivity (Wildman–Crippen MR) is 83.7 cm³/mol. The fourth-order valence-electron chi connectivity index (χ4n) is 1.82. The van der Waals surface area contributed by atoms with Crippen molar-refractivity contribution in [3.8, 4) is 5.75 Å². The Kier molecular flexibility index (Phi) is 5.51. The number of pyridine rings is 1. The first-order chi connectivity index (χ1) is 11.0. The van der Waals surface area contributed by atoms with Crippen molar-refractivity contribution >= 4 is 11.8 Å². The molecule has 2 N–H and O–H groups in total. The van der Waals surface area contributed by atoms with Gasteiger partial charge in [-0.1, -0.05) is 18.2 Å². The molecule has 120 valence electrons. The lowest BCUT2D eigenvalue weighted by Crippen LogP contribution is -2.45. The second-order valence-electron chi connectivity index (χ2n) is 4.87. The normalized spacial score (nSPS) is 9.96. The van der Waals surface area contributed by atoms with Crippen LogP contribution in [0.4, 0.5) is 0 Å². The summed E-state index contributed by atoms with van der Waals surface area (Å²) < 4.78 is 6.53. The molecule has 2 aromatic rings. The molecule has 0 fully saturated rings. The molecule has 2 rings (SSSR count). The maximum absolute atomic E-state index is 11.7. The highest BCUT2D eigenvalue weighted by atomic mass is 16.5. The molecule has 0 saturated heterocycles. The van der Waals surface area contributed by atoms with Crippen LogP contribution >= 0.6 is 0 Å². The van der Waals surface area contributed by atoms with E-state index in [2.05, 4.69) is 10.9 Å². The van der Waals surface area contributed by atoms with Crippen LogP contribution in [0.25, 0.3) is 0 Å². The van der Waals surface area contributed by atoms with Crippen LogP contribution < -0.4 is 21.1 Å². The summed E-state index contributed by atoms with van der Waals surface area (Å²) >= 11 is 0. The molecule has 0 aliphatic heterocycles. The molecule has 0 radical (unpaired) electrons. The lowest BCUT2D eigenvalue weighted by molar-refractivity contribution is -0.130. The average molecular weight is 315 g/mol. The van der Waals surface area contributed by atoms with E-state index >= 15 is 0 Å². The minimum Gasteiger partial charge on any atom is -0.484 e. The number of hydrogen-bond acceptors (Lipinski definition) is 4. The van der Waals surface area contributed by atoms with Gasteiger partial charge in [-0.2, -0.15) is 0 Å². The minimum absolute atomic E-state index is 0.182. The molecule has 0 aliphatic carbocycles. The van der Waals surface area contributed by atoms with Crippen LogP contribution in [0.5, 0.6) is 5.75 Å². The average Bonchev–Trinajstić information content (AvgIpc) is 2.53. The van der Waals surface area contributed by atoms with E-state index < -0.39 is 11.8 Å². The largest absolute Gasteiger partial charge is 0.484 e. The number of hydrogen-bond donors (Lipinski definition) is 2. The number of ether oxygens (including phenoxy) is 1. The molecule has 0 aliphatic rings. The summed E-state index contributed by atoms with van der Waals surface area (Å²) in [6, 6.07) is 11.8. The van der Waals surface area contributed by atoms with Crippen molar-refractivity contribution in [1.82, 2.24) is 15.4 Å². The second kappa shape index (κ2) is 7.79. The Labute approximate surface area is 132 Å². The van der Waals surface area contributed by atoms with E-state index in [0.29, 0.717) is 5.75 Å². The third-order valence-corrected chi connectivity index (χ3v) is 2.91. The van der Waals surface area contributed by atoms with E-state index in [1.165, 1.54) is 16.8 Å². The van der Waals surface area contributed by atoms with E-state index in [0.717, 1.165) is 5.56 Å². The zero-order valence-electron chi connectivity index (χ0n) is 12.6. The molecule has 0 atom stereocenters. The number of carbonyl (C=O) groups is 2. The van der Waals surface area contributed by atoms with Gasteiger partial charge in [0.2, 0.25) is 0 Å². The SMILES string of the molecule is Cc1cccc(OCC(=O)NNC(=O)Cn2ccccc2=O)c1. The number of hydrazine groups is 1. The highest BCUT2D eigenvalue weighted by Gasteiger charge is 2.07. The summed E-state index contributed by atoms with van der Waals surface area (Å²) in [7, 11) is 0. The second-order valence-corrected chi connectivity index (χ2v) is 4.87. The minimum atomic E-state index is -0.512. The Morgan fingerprint density at radius 2 is 1.87 bits per heavy atom. The Hall–Kier alpha value is -3.09. The van der Waals surface area contributed by atoms with Gasteiger partial charge in [0.15, 0.2) is 6.61 Å². The number of carbonyl (C=O) groups excluding carboxylic acids is 2. The van der Waals surface area contributed by atoms with Gasteiger partial charge in [-0.15, -0.1) is 0 Å². The third kappa shape index (κ3) is 5.31. The van der Waals surface area contributed by atoms with Gasteiger partial charge in [0.25, 0.3) is 17.4 Å². The van der Waals surface area contributed by atoms with Gasteiger partial charge < -0.3 is 9.30 Å². The Balaban J connectivity index is 1.75. The number of rotatable bonds is 5. The van der Waals surface area contributed by atoms with E-state index in [1.807, 2.05) is 19.1 Å². The molecular formula is C16H17N3O4. The van der Waals surface area contributed by atoms with Crippen molar-refractivity contribution in [2.75, 3.05) is 6.61 Å². The fraction of sp³-hybridized carbons (Fsp3) is 0.188. The van der Waals surface area contributed by atoms with Crippen LogP contribution in [0.1, 0.15) is 5.56 Å². The first-order valence-electron chi connectivity index (χ1n) is 6.97. The van der Waals surface area contributed by atoms with Crippen molar-refractivity contribution in [2.24, 2.45) is 0 Å². The van der Waals surface area contributed by atoms with Crippen molar-refractivity contribution in [3.63, 3.8) is 0 Å². The van der Waals surface area contributed by atoms with E-state index in [4.69, 9.17) is 4.74 Å². The maximum atomic E-state index is 11.7. The van der Waals surface area contributed by atoms with Crippen LogP contribution in [0.3, 0.4) is 0 Å². The topological polar surface area (TPSA) is 89.4 Å². The van der Waals surface area contributed by atoms with E-state index in [-0.39, 0.29) is 18.7 Å². The van der Waals surface area contributed by atoms with Crippen LogP contribution in [0.2, 0.25) is 0 Å². The van der Waals surface area contributed by atoms with Gasteiger partial charge in [-0.05, 0) is 30.7 Å². The van der Waals surface area contributed by atoms with Gasteiger partial charge >= 0.3 is 0 Å². The first kappa shape index (κ1) is 16.3. The zero-order chi connectivity index (χ0) is 16.7. The quantitative estimate of drug-likeness (QED) is 0.781. The monoisotopic (exact) mass is 315 g/mol. The highest BCUT2D eigenvalue weighted by Crippen LogP contribution is 2.11. The molecule has 0 saturated carbocycles. The number of aryl methyl sites for hydroxylation is 1. The summed E-state index contributed by atoms with van der Waals surface area (Å²) in [5, 5.41) is 0. The number of benzene rings is 1. The Bertz CT molecular complexity index is 755. The molecule has 7 heteroatoms. The maximum Gasteiger partial charge on any atom is 0.276 e. The molecule has 1 heterocycles. The van der Waals surface area contributed by atoms with E-state index in [1.54, 1.807) is 24.3 Å². The van der Waals surface area contributed by atoms with E-state index in [9.17, 15) is 14.4 Å². The van der Waals surface area contributed by atoms with Gasteiger partial charge in [0, 0.05) is 12.3 Å². The predicted octanol–water partition coefficient (Wildman–Crippen LogP) is 0.383. The summed E-state index contributed by atoms with van der Waals surface area (Å²) in [6.45, 7) is 1.51. The molecule has 7 nitrogen and oxygen atoms in total. The molecular weight excluding hydrogens is 298 g/mol. The molecule has 0 spiro atoms. The zero-order valence-corrected chi connectivity index (χ0v) is 12.6. The van der Waals surface area contributed by atoms with Gasteiger partial charge in [0.1, 0.15) is 12.3 Å². The van der Waals surface area contributed by atoms with Crippen molar-refractivity contribution in [1.29, 1.82) is 0 Å². The van der Waals surface area contributed by atoms with Crippen molar-refractivity contribution < 1.29 is 14.3 Å². The van der Waals surface area contributed by atoms with Gasteiger partial charge in [-0.3, -0.25) is 25.2 Å². The molecule has 0 bridgehead atoms. The Morgan fingerprint density at radius 1 is 1.09 bits per heavy atom. The van der Waals surface area contributed by atoms with Crippen LogP contribution in [-0.4, -0.2) is 23.0 Å². The van der Waals surface area contributed by atoms with Gasteiger partial charge in [0.05, 0.1) is 0 Å². The van der Waals surface area contributed by atoms with Crippen molar-refractivity contribution in [2.45, 2.75) is 13.5 Å². The Morgan fingerprint density at radius 3 is 2.61 bits per heavy atom. The third-order valence-electron chi connectivity index (χ3n) is 2.91. The molecule has 23 heavy (non-hydrogen) atoms. The lowest BCUT2D eigenvalue weighted by Gasteiger charge is -2.10. The van der Waals surface area contributed by atoms with Crippen LogP contribution in [0, 0.1) is 6.92 Å². The van der Waals surface area contributed by atoms with Gasteiger partial charge in [-0.25, -0.2) is 0 Å². The highest BCUT2D eigenvalue weighted by molar-refractivity contribution is 5.82. The summed E-state index contributed by atoms with van der Waals surface area (Å²) in [5.41, 5.74) is 5.18. The molecule has 1 aromatic carbocycles. The summed E-state index contributed by atoms with van der Waals surface area (Å²) in [5.74, 6) is -0.440. The number of nitrogens with one attached hydrogen (secondary N) is 2. The molecule has 2 amide bonds. The van der Waals surface area contributed by atoms with Crippen molar-refractivity contribution in [3.05, 3.63) is 64.6 Å². The van der Waals surface area contributed by atoms with Crippen LogP contribution in [0.15, 0.2) is 53.5 Å². The lowest BCUT2D eigenvalue weighted by atomic mass is 10.2. The first-order valence-corrected chi connectivity index (χ1v) is 6.97. The number of nitrogens with zero attached hydrogens (tertiary/aromatic N) is 1. The van der Waals surface area contributed by atoms with Crippen LogP contribution in [-0.2, 0) is 16.1 Å². The number of amides is 2. The number of aromatic nitrogens is 1. The fourth-order valence-corrected chi connectivity index (χ4v) is 1.82. The summed E-state index contributed by atoms with van der Waals surface area (Å²) in [6.07, 6.45) is 1.49. The summed E-state index contributed by atoms with van der Waals surface area (Å²) in [4.78, 5) is 34.7. The molecule has 1 aromatic heterocycles.